The quantitative estimate of drug-likeness (QED) is 0.889. The zero-order valence-electron chi connectivity index (χ0n) is 12.6. The predicted octanol–water partition coefficient (Wildman–Crippen LogP) is 3.06. The fraction of sp³-hybridized carbons (Fsp3) is 0.667. The molecule has 2 nitrogen and oxygen atoms in total. The minimum atomic E-state index is -0.552. The zero-order chi connectivity index (χ0) is 14.2. The van der Waals surface area contributed by atoms with Crippen LogP contribution in [-0.4, -0.2) is 17.3 Å². The van der Waals surface area contributed by atoms with Crippen LogP contribution in [0.4, 0.5) is 0 Å². The molecular formula is C18H27NO. The van der Waals surface area contributed by atoms with E-state index in [0.717, 1.165) is 44.9 Å². The van der Waals surface area contributed by atoms with E-state index >= 15 is 0 Å². The topological polar surface area (TPSA) is 46.2 Å². The Hall–Kier alpha value is -0.860. The van der Waals surface area contributed by atoms with Crippen molar-refractivity contribution < 1.29 is 5.11 Å². The Morgan fingerprint density at radius 3 is 2.70 bits per heavy atom. The van der Waals surface area contributed by atoms with Gasteiger partial charge in [0.15, 0.2) is 0 Å². The molecule has 3 rings (SSSR count). The fourth-order valence-electron chi connectivity index (χ4n) is 4.82. The SMILES string of the molecule is CCC1CCCC1(O)C1(CN)CCc2ccccc2C1. The highest BCUT2D eigenvalue weighted by molar-refractivity contribution is 5.32. The number of hydrogen-bond acceptors (Lipinski definition) is 2. The fourth-order valence-corrected chi connectivity index (χ4v) is 4.82. The molecule has 0 aliphatic heterocycles. The maximum atomic E-state index is 11.5. The third-order valence-corrected chi connectivity index (χ3v) is 6.11. The van der Waals surface area contributed by atoms with Crippen molar-refractivity contribution in [2.45, 2.75) is 57.5 Å². The van der Waals surface area contributed by atoms with Crippen LogP contribution in [0.25, 0.3) is 0 Å². The van der Waals surface area contributed by atoms with E-state index in [9.17, 15) is 5.11 Å². The van der Waals surface area contributed by atoms with Crippen LogP contribution in [-0.2, 0) is 12.8 Å². The van der Waals surface area contributed by atoms with Crippen LogP contribution < -0.4 is 5.73 Å². The first-order valence-electron chi connectivity index (χ1n) is 8.14. The van der Waals surface area contributed by atoms with Gasteiger partial charge in [-0.25, -0.2) is 0 Å². The molecule has 1 aromatic carbocycles. The number of aryl methyl sites for hydroxylation is 1. The highest BCUT2D eigenvalue weighted by Crippen LogP contribution is 2.53. The highest BCUT2D eigenvalue weighted by Gasteiger charge is 2.55. The molecule has 0 heterocycles. The highest BCUT2D eigenvalue weighted by atomic mass is 16.3. The Balaban J connectivity index is 1.97. The van der Waals surface area contributed by atoms with Gasteiger partial charge in [-0.1, -0.05) is 44.0 Å². The van der Waals surface area contributed by atoms with Crippen molar-refractivity contribution in [2.75, 3.05) is 6.54 Å². The van der Waals surface area contributed by atoms with Gasteiger partial charge in [0.2, 0.25) is 0 Å². The van der Waals surface area contributed by atoms with E-state index in [-0.39, 0.29) is 5.41 Å². The molecule has 3 unspecified atom stereocenters. The van der Waals surface area contributed by atoms with Crippen molar-refractivity contribution in [2.24, 2.45) is 17.1 Å². The zero-order valence-corrected chi connectivity index (χ0v) is 12.6. The Bertz CT molecular complexity index is 486. The van der Waals surface area contributed by atoms with Crippen LogP contribution in [0.5, 0.6) is 0 Å². The molecule has 3 atom stereocenters. The van der Waals surface area contributed by atoms with Gasteiger partial charge in [0, 0.05) is 12.0 Å². The van der Waals surface area contributed by atoms with Crippen molar-refractivity contribution in [1.82, 2.24) is 0 Å². The summed E-state index contributed by atoms with van der Waals surface area (Å²) in [6, 6.07) is 8.68. The Morgan fingerprint density at radius 2 is 2.00 bits per heavy atom. The molecule has 2 aliphatic rings. The van der Waals surface area contributed by atoms with Crippen molar-refractivity contribution in [1.29, 1.82) is 0 Å². The first-order chi connectivity index (χ1) is 9.65. The lowest BCUT2D eigenvalue weighted by atomic mass is 9.58. The second kappa shape index (κ2) is 5.16. The number of nitrogens with two attached hydrogens (primary N) is 1. The number of benzene rings is 1. The first-order valence-corrected chi connectivity index (χ1v) is 8.14. The van der Waals surface area contributed by atoms with Gasteiger partial charge in [0.25, 0.3) is 0 Å². The summed E-state index contributed by atoms with van der Waals surface area (Å²) >= 11 is 0. The molecule has 0 saturated heterocycles. The van der Waals surface area contributed by atoms with Crippen LogP contribution in [0, 0.1) is 11.3 Å². The van der Waals surface area contributed by atoms with Gasteiger partial charge in [0.05, 0.1) is 5.60 Å². The third kappa shape index (κ3) is 1.93. The molecule has 1 fully saturated rings. The summed E-state index contributed by atoms with van der Waals surface area (Å²) in [4.78, 5) is 0. The maximum Gasteiger partial charge on any atom is 0.0746 e. The summed E-state index contributed by atoms with van der Waals surface area (Å²) in [6.07, 6.45) is 7.37. The van der Waals surface area contributed by atoms with Crippen LogP contribution >= 0.6 is 0 Å². The van der Waals surface area contributed by atoms with E-state index in [1.807, 2.05) is 0 Å². The summed E-state index contributed by atoms with van der Waals surface area (Å²) < 4.78 is 0. The van der Waals surface area contributed by atoms with E-state index in [0.29, 0.717) is 12.5 Å². The molecule has 2 heteroatoms. The van der Waals surface area contributed by atoms with Gasteiger partial charge in [-0.15, -0.1) is 0 Å². The van der Waals surface area contributed by atoms with E-state index in [2.05, 4.69) is 31.2 Å². The largest absolute Gasteiger partial charge is 0.389 e. The predicted molar refractivity (Wildman–Crippen MR) is 82.5 cm³/mol. The molecule has 110 valence electrons. The molecule has 1 aromatic rings. The number of hydrogen-bond donors (Lipinski definition) is 2. The Labute approximate surface area is 122 Å². The lowest BCUT2D eigenvalue weighted by molar-refractivity contribution is -0.116. The standard InChI is InChI=1S/C18H27NO/c1-2-16-8-5-10-18(16,20)17(13-19)11-9-14-6-3-4-7-15(14)12-17/h3-4,6-7,16,20H,2,5,8-13,19H2,1H3. The monoisotopic (exact) mass is 273 g/mol. The third-order valence-electron chi connectivity index (χ3n) is 6.11. The molecule has 0 radical (unpaired) electrons. The van der Waals surface area contributed by atoms with Crippen molar-refractivity contribution in [3.8, 4) is 0 Å². The minimum Gasteiger partial charge on any atom is -0.389 e. The van der Waals surface area contributed by atoms with Gasteiger partial charge >= 0.3 is 0 Å². The van der Waals surface area contributed by atoms with Crippen LogP contribution in [0.15, 0.2) is 24.3 Å². The Kier molecular flexibility index (Phi) is 3.64. The summed E-state index contributed by atoms with van der Waals surface area (Å²) in [7, 11) is 0. The van der Waals surface area contributed by atoms with Gasteiger partial charge in [-0.3, -0.25) is 0 Å². The van der Waals surface area contributed by atoms with E-state index in [4.69, 9.17) is 5.73 Å². The average molecular weight is 273 g/mol. The first kappa shape index (κ1) is 14.1. The maximum absolute atomic E-state index is 11.5. The van der Waals surface area contributed by atoms with E-state index < -0.39 is 5.60 Å². The molecule has 0 bridgehead atoms. The second-order valence-electron chi connectivity index (χ2n) is 6.85. The van der Waals surface area contributed by atoms with Gasteiger partial charge in [-0.2, -0.15) is 0 Å². The minimum absolute atomic E-state index is 0.113. The second-order valence-corrected chi connectivity index (χ2v) is 6.85. The smallest absolute Gasteiger partial charge is 0.0746 e. The van der Waals surface area contributed by atoms with Crippen molar-refractivity contribution in [3.05, 3.63) is 35.4 Å². The molecule has 0 spiro atoms. The molecular weight excluding hydrogens is 246 g/mol. The number of aliphatic hydroxyl groups is 1. The molecule has 1 saturated carbocycles. The molecule has 20 heavy (non-hydrogen) atoms. The van der Waals surface area contributed by atoms with Crippen LogP contribution in [0.3, 0.4) is 0 Å². The van der Waals surface area contributed by atoms with Gasteiger partial charge in [0.1, 0.15) is 0 Å². The van der Waals surface area contributed by atoms with E-state index in [1.165, 1.54) is 11.1 Å². The summed E-state index contributed by atoms with van der Waals surface area (Å²) in [6.45, 7) is 2.82. The number of fused-ring (bicyclic) bond motifs is 1. The molecule has 2 aliphatic carbocycles. The summed E-state index contributed by atoms with van der Waals surface area (Å²) in [5.41, 5.74) is 8.41. The van der Waals surface area contributed by atoms with Crippen molar-refractivity contribution >= 4 is 0 Å². The van der Waals surface area contributed by atoms with Crippen molar-refractivity contribution in [3.63, 3.8) is 0 Å². The Morgan fingerprint density at radius 1 is 1.25 bits per heavy atom. The van der Waals surface area contributed by atoms with Crippen LogP contribution in [0.2, 0.25) is 0 Å². The average Bonchev–Trinajstić information content (AvgIpc) is 2.89. The lowest BCUT2D eigenvalue weighted by Crippen LogP contribution is -2.57. The normalized spacial score (nSPS) is 36.9. The van der Waals surface area contributed by atoms with Crippen LogP contribution in [0.1, 0.15) is 50.2 Å². The molecule has 0 aromatic heterocycles. The summed E-state index contributed by atoms with van der Waals surface area (Å²) in [5.74, 6) is 0.427. The van der Waals surface area contributed by atoms with Gasteiger partial charge in [-0.05, 0) is 49.1 Å². The summed E-state index contributed by atoms with van der Waals surface area (Å²) in [5, 5.41) is 11.5. The van der Waals surface area contributed by atoms with Gasteiger partial charge < -0.3 is 10.8 Å². The number of rotatable bonds is 3. The molecule has 3 N–H and O–H groups in total. The molecule has 0 amide bonds. The lowest BCUT2D eigenvalue weighted by Gasteiger charge is -2.50. The van der Waals surface area contributed by atoms with E-state index in [1.54, 1.807) is 0 Å².